The second-order valence-electron chi connectivity index (χ2n) is 3.85. The Labute approximate surface area is 103 Å². The Hall–Kier alpha value is -1.17. The Morgan fingerprint density at radius 1 is 1.41 bits per heavy atom. The molecular formula is C12H18N2O2S. The molecule has 0 aromatic heterocycles. The molecule has 17 heavy (non-hydrogen) atoms. The first-order chi connectivity index (χ1) is 7.99. The van der Waals surface area contributed by atoms with E-state index in [0.29, 0.717) is 13.1 Å². The molecule has 0 bridgehead atoms. The highest BCUT2D eigenvalue weighted by Crippen LogP contribution is 2.11. The molecule has 0 saturated carbocycles. The molecule has 0 saturated heterocycles. The fraction of sp³-hybridized carbons (Fsp3) is 0.333. The van der Waals surface area contributed by atoms with Gasteiger partial charge in [-0.25, -0.2) is 12.7 Å². The van der Waals surface area contributed by atoms with Gasteiger partial charge in [0.1, 0.15) is 0 Å². The summed E-state index contributed by atoms with van der Waals surface area (Å²) in [4.78, 5) is 0. The van der Waals surface area contributed by atoms with E-state index in [1.54, 1.807) is 19.2 Å². The smallest absolute Gasteiger partial charge is 0.218 e. The minimum atomic E-state index is -3.28. The first kappa shape index (κ1) is 13.9. The predicted molar refractivity (Wildman–Crippen MR) is 69.8 cm³/mol. The Morgan fingerprint density at radius 2 is 2.06 bits per heavy atom. The normalized spacial score (nSPS) is 11.7. The maximum absolute atomic E-state index is 11.9. The van der Waals surface area contributed by atoms with Gasteiger partial charge in [-0.15, -0.1) is 6.58 Å². The van der Waals surface area contributed by atoms with Crippen molar-refractivity contribution in [2.24, 2.45) is 5.73 Å². The van der Waals surface area contributed by atoms with Gasteiger partial charge in [0.15, 0.2) is 0 Å². The van der Waals surface area contributed by atoms with Crippen LogP contribution in [0.2, 0.25) is 0 Å². The number of nitrogens with two attached hydrogens (primary N) is 1. The number of hydrogen-bond donors (Lipinski definition) is 1. The van der Waals surface area contributed by atoms with Gasteiger partial charge >= 0.3 is 0 Å². The average molecular weight is 254 g/mol. The van der Waals surface area contributed by atoms with Gasteiger partial charge in [0, 0.05) is 20.1 Å². The maximum atomic E-state index is 11.9. The van der Waals surface area contributed by atoms with Gasteiger partial charge in [-0.3, -0.25) is 0 Å². The molecule has 1 aromatic rings. The second kappa shape index (κ2) is 5.95. The van der Waals surface area contributed by atoms with Crippen molar-refractivity contribution in [3.05, 3.63) is 48.0 Å². The molecule has 94 valence electrons. The van der Waals surface area contributed by atoms with E-state index in [4.69, 9.17) is 5.73 Å². The number of rotatable bonds is 6. The Balaban J connectivity index is 2.86. The van der Waals surface area contributed by atoms with Gasteiger partial charge in [-0.1, -0.05) is 30.3 Å². The van der Waals surface area contributed by atoms with Gasteiger partial charge in [0.2, 0.25) is 10.0 Å². The predicted octanol–water partition coefficient (Wildman–Crippen LogP) is 1.09. The van der Waals surface area contributed by atoms with Crippen LogP contribution in [0.15, 0.2) is 36.9 Å². The van der Waals surface area contributed by atoms with Crippen molar-refractivity contribution < 1.29 is 8.42 Å². The fourth-order valence-electron chi connectivity index (χ4n) is 1.46. The van der Waals surface area contributed by atoms with Crippen LogP contribution < -0.4 is 5.73 Å². The zero-order chi connectivity index (χ0) is 12.9. The third kappa shape index (κ3) is 3.96. The summed E-state index contributed by atoms with van der Waals surface area (Å²) in [6, 6.07) is 7.31. The van der Waals surface area contributed by atoms with Crippen LogP contribution in [-0.4, -0.2) is 26.3 Å². The first-order valence-corrected chi connectivity index (χ1v) is 6.93. The molecule has 0 aliphatic heterocycles. The van der Waals surface area contributed by atoms with E-state index >= 15 is 0 Å². The van der Waals surface area contributed by atoms with Crippen LogP contribution >= 0.6 is 0 Å². The lowest BCUT2D eigenvalue weighted by Gasteiger charge is -2.15. The summed E-state index contributed by atoms with van der Waals surface area (Å²) in [5.74, 6) is -0.00875. The summed E-state index contributed by atoms with van der Waals surface area (Å²) < 4.78 is 25.2. The summed E-state index contributed by atoms with van der Waals surface area (Å²) in [6.45, 7) is 4.26. The van der Waals surface area contributed by atoms with Crippen LogP contribution in [0.1, 0.15) is 11.1 Å². The molecule has 0 aliphatic carbocycles. The van der Waals surface area contributed by atoms with E-state index in [2.05, 4.69) is 6.58 Å². The van der Waals surface area contributed by atoms with E-state index in [9.17, 15) is 8.42 Å². The van der Waals surface area contributed by atoms with E-state index in [1.165, 1.54) is 4.31 Å². The highest BCUT2D eigenvalue weighted by molar-refractivity contribution is 7.88. The van der Waals surface area contributed by atoms with Crippen molar-refractivity contribution in [3.63, 3.8) is 0 Å². The molecule has 0 atom stereocenters. The third-order valence-corrected chi connectivity index (χ3v) is 4.23. The van der Waals surface area contributed by atoms with Gasteiger partial charge in [0.25, 0.3) is 0 Å². The highest BCUT2D eigenvalue weighted by atomic mass is 32.2. The Kier molecular flexibility index (Phi) is 4.86. The van der Waals surface area contributed by atoms with Crippen molar-refractivity contribution in [2.75, 3.05) is 13.6 Å². The molecule has 4 nitrogen and oxygen atoms in total. The molecule has 0 unspecified atom stereocenters. The van der Waals surface area contributed by atoms with Gasteiger partial charge in [-0.2, -0.15) is 0 Å². The lowest BCUT2D eigenvalue weighted by molar-refractivity contribution is 0.498. The number of benzene rings is 1. The van der Waals surface area contributed by atoms with E-state index in [-0.39, 0.29) is 5.75 Å². The molecule has 0 aliphatic rings. The standard InChI is InChI=1S/C12H18N2O2S/c1-3-7-14(2)17(15,16)10-12-6-4-5-11(8-12)9-13/h3-6,8H,1,7,9-10,13H2,2H3. The lowest BCUT2D eigenvalue weighted by Crippen LogP contribution is -2.28. The van der Waals surface area contributed by atoms with Crippen LogP contribution in [0.25, 0.3) is 0 Å². The minimum absolute atomic E-state index is 0.00875. The van der Waals surface area contributed by atoms with E-state index in [1.807, 2.05) is 18.2 Å². The van der Waals surface area contributed by atoms with Gasteiger partial charge in [-0.05, 0) is 11.1 Å². The van der Waals surface area contributed by atoms with E-state index < -0.39 is 10.0 Å². The lowest BCUT2D eigenvalue weighted by atomic mass is 10.1. The molecule has 0 radical (unpaired) electrons. The van der Waals surface area contributed by atoms with Crippen LogP contribution in [0.5, 0.6) is 0 Å². The number of likely N-dealkylation sites (N-methyl/N-ethyl adjacent to an activating group) is 1. The van der Waals surface area contributed by atoms with Crippen LogP contribution in [-0.2, 0) is 22.3 Å². The zero-order valence-electron chi connectivity index (χ0n) is 9.96. The first-order valence-electron chi connectivity index (χ1n) is 5.32. The monoisotopic (exact) mass is 254 g/mol. The summed E-state index contributed by atoms with van der Waals surface area (Å²) in [5.41, 5.74) is 7.20. The minimum Gasteiger partial charge on any atom is -0.326 e. The van der Waals surface area contributed by atoms with Gasteiger partial charge in [0.05, 0.1) is 5.75 Å². The molecular weight excluding hydrogens is 236 g/mol. The van der Waals surface area contributed by atoms with Crippen molar-refractivity contribution in [2.45, 2.75) is 12.3 Å². The molecule has 5 heteroatoms. The quantitative estimate of drug-likeness (QED) is 0.773. The van der Waals surface area contributed by atoms with Crippen LogP contribution in [0, 0.1) is 0 Å². The molecule has 0 fully saturated rings. The molecule has 0 amide bonds. The summed E-state index contributed by atoms with van der Waals surface area (Å²) in [7, 11) is -1.73. The summed E-state index contributed by atoms with van der Waals surface area (Å²) in [6.07, 6.45) is 1.56. The molecule has 0 spiro atoms. The van der Waals surface area contributed by atoms with Crippen molar-refractivity contribution in [1.29, 1.82) is 0 Å². The fourth-order valence-corrected chi connectivity index (χ4v) is 2.62. The van der Waals surface area contributed by atoms with Crippen LogP contribution in [0.3, 0.4) is 0 Å². The Morgan fingerprint density at radius 3 is 2.65 bits per heavy atom. The van der Waals surface area contributed by atoms with E-state index in [0.717, 1.165) is 11.1 Å². The SMILES string of the molecule is C=CCN(C)S(=O)(=O)Cc1cccc(CN)c1. The average Bonchev–Trinajstić information content (AvgIpc) is 2.29. The molecule has 1 aromatic carbocycles. The second-order valence-corrected chi connectivity index (χ2v) is 5.93. The highest BCUT2D eigenvalue weighted by Gasteiger charge is 2.17. The molecule has 1 rings (SSSR count). The molecule has 2 N–H and O–H groups in total. The molecule has 0 heterocycles. The van der Waals surface area contributed by atoms with Gasteiger partial charge < -0.3 is 5.73 Å². The largest absolute Gasteiger partial charge is 0.326 e. The zero-order valence-corrected chi connectivity index (χ0v) is 10.8. The topological polar surface area (TPSA) is 63.4 Å². The third-order valence-electron chi connectivity index (χ3n) is 2.44. The van der Waals surface area contributed by atoms with Crippen molar-refractivity contribution >= 4 is 10.0 Å². The number of nitrogens with zero attached hydrogens (tertiary/aromatic N) is 1. The summed E-state index contributed by atoms with van der Waals surface area (Å²) in [5, 5.41) is 0. The van der Waals surface area contributed by atoms with Crippen molar-refractivity contribution in [1.82, 2.24) is 4.31 Å². The van der Waals surface area contributed by atoms with Crippen LogP contribution in [0.4, 0.5) is 0 Å². The summed E-state index contributed by atoms with van der Waals surface area (Å²) >= 11 is 0. The number of sulfonamides is 1. The maximum Gasteiger partial charge on any atom is 0.218 e. The number of hydrogen-bond acceptors (Lipinski definition) is 3. The Bertz CT molecular complexity index is 483. The van der Waals surface area contributed by atoms with Crippen molar-refractivity contribution in [3.8, 4) is 0 Å².